The van der Waals surface area contributed by atoms with Gasteiger partial charge in [-0.2, -0.15) is 0 Å². The average Bonchev–Trinajstić information content (AvgIpc) is 2.93. The largest absolute Gasteiger partial charge is 0.366 e. The summed E-state index contributed by atoms with van der Waals surface area (Å²) in [7, 11) is -3.73. The van der Waals surface area contributed by atoms with E-state index < -0.39 is 15.9 Å². The number of aromatic nitrogens is 3. The minimum Gasteiger partial charge on any atom is -0.366 e. The average molecular weight is 448 g/mol. The van der Waals surface area contributed by atoms with Gasteiger partial charge in [-0.15, -0.1) is 0 Å². The molecule has 1 aromatic carbocycles. The van der Waals surface area contributed by atoms with Crippen LogP contribution < -0.4 is 10.5 Å². The molecule has 1 fully saturated rings. The van der Waals surface area contributed by atoms with E-state index >= 15 is 0 Å². The van der Waals surface area contributed by atoms with Crippen molar-refractivity contribution in [1.82, 2.24) is 19.3 Å². The van der Waals surface area contributed by atoms with Crippen molar-refractivity contribution in [3.63, 3.8) is 0 Å². The lowest BCUT2D eigenvalue weighted by molar-refractivity contribution is 0.100. The molecule has 0 saturated heterocycles. The van der Waals surface area contributed by atoms with E-state index in [1.807, 2.05) is 10.6 Å². The van der Waals surface area contributed by atoms with E-state index in [1.54, 1.807) is 26.0 Å². The van der Waals surface area contributed by atoms with Crippen molar-refractivity contribution < 1.29 is 13.2 Å². The topological polar surface area (TPSA) is 120 Å². The van der Waals surface area contributed by atoms with E-state index in [4.69, 9.17) is 17.3 Å². The smallest absolute Gasteiger partial charge is 0.251 e. The number of amides is 1. The predicted molar refractivity (Wildman–Crippen MR) is 115 cm³/mol. The molecule has 0 radical (unpaired) electrons. The van der Waals surface area contributed by atoms with Gasteiger partial charge in [-0.1, -0.05) is 11.6 Å². The predicted octanol–water partition coefficient (Wildman–Crippen LogP) is 3.26. The maximum absolute atomic E-state index is 12.4. The van der Waals surface area contributed by atoms with Crippen molar-refractivity contribution in [3.05, 3.63) is 41.2 Å². The van der Waals surface area contributed by atoms with Gasteiger partial charge in [0.05, 0.1) is 18.0 Å². The van der Waals surface area contributed by atoms with Crippen molar-refractivity contribution in [2.24, 2.45) is 5.73 Å². The molecule has 8 nitrogen and oxygen atoms in total. The van der Waals surface area contributed by atoms with Crippen molar-refractivity contribution in [2.45, 2.75) is 50.1 Å². The summed E-state index contributed by atoms with van der Waals surface area (Å²) in [6, 6.07) is 5.26. The second kappa shape index (κ2) is 7.64. The van der Waals surface area contributed by atoms with Crippen LogP contribution in [0.3, 0.4) is 0 Å². The van der Waals surface area contributed by atoms with E-state index in [2.05, 4.69) is 14.7 Å². The molecule has 0 bridgehead atoms. The molecule has 0 atom stereocenters. The summed E-state index contributed by atoms with van der Waals surface area (Å²) in [5, 5.41) is 1.13. The molecule has 1 saturated carbocycles. The van der Waals surface area contributed by atoms with Crippen LogP contribution in [0.2, 0.25) is 5.02 Å². The molecular weight excluding hydrogens is 426 g/mol. The van der Waals surface area contributed by atoms with Crippen LogP contribution >= 0.6 is 11.6 Å². The van der Waals surface area contributed by atoms with Gasteiger partial charge in [0.2, 0.25) is 10.0 Å². The van der Waals surface area contributed by atoms with Crippen molar-refractivity contribution in [1.29, 1.82) is 0 Å². The molecular formula is C20H22ClN5O3S. The van der Waals surface area contributed by atoms with Crippen LogP contribution in [0.1, 0.15) is 49.5 Å². The zero-order valence-corrected chi connectivity index (χ0v) is 18.2. The Hall–Kier alpha value is -2.49. The number of sulfonamides is 1. The molecule has 1 amide bonds. The number of carbonyl (C=O) groups excluding carboxylic acids is 1. The number of benzene rings is 1. The Balaban J connectivity index is 1.92. The molecule has 2 aromatic heterocycles. The molecule has 0 spiro atoms. The molecule has 10 heteroatoms. The van der Waals surface area contributed by atoms with Gasteiger partial charge in [0, 0.05) is 28.0 Å². The lowest BCUT2D eigenvalue weighted by Gasteiger charge is -2.29. The Labute approximate surface area is 179 Å². The van der Waals surface area contributed by atoms with Crippen LogP contribution in [-0.2, 0) is 10.0 Å². The highest BCUT2D eigenvalue weighted by Gasteiger charge is 2.31. The quantitative estimate of drug-likeness (QED) is 0.600. The van der Waals surface area contributed by atoms with Crippen LogP contribution in [-0.4, -0.2) is 34.9 Å². The second-order valence-electron chi connectivity index (χ2n) is 7.72. The summed E-state index contributed by atoms with van der Waals surface area (Å²) in [6.45, 7) is 3.46. The van der Waals surface area contributed by atoms with Gasteiger partial charge in [0.1, 0.15) is 10.6 Å². The summed E-state index contributed by atoms with van der Waals surface area (Å²) in [6.07, 6.45) is 5.49. The van der Waals surface area contributed by atoms with Crippen LogP contribution in [0.5, 0.6) is 0 Å². The lowest BCUT2D eigenvalue weighted by Crippen LogP contribution is -2.30. The minimum atomic E-state index is -3.73. The fraction of sp³-hybridized carbons (Fsp3) is 0.350. The standard InChI is InChI=1S/C20H22ClN5O3S/c1-11(2)25-30(28,29)14-9-23-20(24-10-14)18-17(19(22)27)15-8-12(21)6-7-16(15)26(18)13-4-3-5-13/h6-11,13,25H,3-5H2,1-2H3,(H2,22,27). The first-order valence-electron chi connectivity index (χ1n) is 9.67. The van der Waals surface area contributed by atoms with Gasteiger partial charge in [0.15, 0.2) is 5.82 Å². The first-order valence-corrected chi connectivity index (χ1v) is 11.5. The number of fused-ring (bicyclic) bond motifs is 1. The summed E-state index contributed by atoms with van der Waals surface area (Å²) >= 11 is 6.18. The highest BCUT2D eigenvalue weighted by atomic mass is 35.5. The normalized spacial score (nSPS) is 14.9. The number of carbonyl (C=O) groups is 1. The summed E-state index contributed by atoms with van der Waals surface area (Å²) in [4.78, 5) is 21.0. The number of nitrogens with one attached hydrogen (secondary N) is 1. The molecule has 158 valence electrons. The van der Waals surface area contributed by atoms with Crippen LogP contribution in [0.25, 0.3) is 22.4 Å². The van der Waals surface area contributed by atoms with Crippen LogP contribution in [0.4, 0.5) is 0 Å². The SMILES string of the molecule is CC(C)NS(=O)(=O)c1cnc(-c2c(C(N)=O)c3cc(Cl)ccc3n2C2CCC2)nc1. The molecule has 3 N–H and O–H groups in total. The van der Waals surface area contributed by atoms with Crippen molar-refractivity contribution in [3.8, 4) is 11.5 Å². The van der Waals surface area contributed by atoms with Crippen LogP contribution in [0.15, 0.2) is 35.5 Å². The summed E-state index contributed by atoms with van der Waals surface area (Å²) < 4.78 is 29.3. The number of nitrogens with two attached hydrogens (primary N) is 1. The summed E-state index contributed by atoms with van der Waals surface area (Å²) in [5.41, 5.74) is 7.34. The fourth-order valence-electron chi connectivity index (χ4n) is 3.74. The number of nitrogens with zero attached hydrogens (tertiary/aromatic N) is 3. The Bertz CT molecular complexity index is 1230. The van der Waals surface area contributed by atoms with Crippen molar-refractivity contribution >= 4 is 38.4 Å². The van der Waals surface area contributed by atoms with Gasteiger partial charge < -0.3 is 10.3 Å². The number of hydrogen-bond donors (Lipinski definition) is 2. The number of rotatable bonds is 6. The monoisotopic (exact) mass is 447 g/mol. The highest BCUT2D eigenvalue weighted by molar-refractivity contribution is 7.89. The molecule has 1 aliphatic carbocycles. The van der Waals surface area contributed by atoms with Gasteiger partial charge in [-0.05, 0) is 51.3 Å². The van der Waals surface area contributed by atoms with E-state index in [-0.39, 0.29) is 28.4 Å². The Morgan fingerprint density at radius 3 is 2.47 bits per heavy atom. The molecule has 0 aliphatic heterocycles. The number of primary amides is 1. The van der Waals surface area contributed by atoms with Gasteiger partial charge in [-0.25, -0.2) is 23.1 Å². The molecule has 3 aromatic rings. The van der Waals surface area contributed by atoms with E-state index in [9.17, 15) is 13.2 Å². The second-order valence-corrected chi connectivity index (χ2v) is 9.87. The van der Waals surface area contributed by atoms with E-state index in [0.717, 1.165) is 24.8 Å². The molecule has 2 heterocycles. The minimum absolute atomic E-state index is 0.0464. The van der Waals surface area contributed by atoms with Gasteiger partial charge in [-0.3, -0.25) is 4.79 Å². The Morgan fingerprint density at radius 2 is 1.93 bits per heavy atom. The molecule has 1 aliphatic rings. The Kier molecular flexibility index (Phi) is 5.29. The first-order chi connectivity index (χ1) is 14.2. The zero-order valence-electron chi connectivity index (χ0n) is 16.6. The lowest BCUT2D eigenvalue weighted by atomic mass is 9.92. The van der Waals surface area contributed by atoms with E-state index in [1.165, 1.54) is 12.4 Å². The highest BCUT2D eigenvalue weighted by Crippen LogP contribution is 2.42. The molecule has 4 rings (SSSR count). The maximum atomic E-state index is 12.4. The number of halogens is 1. The van der Waals surface area contributed by atoms with E-state index in [0.29, 0.717) is 16.1 Å². The third-order valence-corrected chi connectivity index (χ3v) is 7.04. The third-order valence-electron chi connectivity index (χ3n) is 5.19. The summed E-state index contributed by atoms with van der Waals surface area (Å²) in [5.74, 6) is -0.372. The maximum Gasteiger partial charge on any atom is 0.251 e. The Morgan fingerprint density at radius 1 is 1.27 bits per heavy atom. The first kappa shape index (κ1) is 20.8. The third kappa shape index (κ3) is 3.57. The van der Waals surface area contributed by atoms with Crippen molar-refractivity contribution in [2.75, 3.05) is 0 Å². The van der Waals surface area contributed by atoms with Gasteiger partial charge in [0.25, 0.3) is 5.91 Å². The van der Waals surface area contributed by atoms with Gasteiger partial charge >= 0.3 is 0 Å². The van der Waals surface area contributed by atoms with Crippen LogP contribution in [0, 0.1) is 0 Å². The fourth-order valence-corrected chi connectivity index (χ4v) is 5.05. The molecule has 0 unspecified atom stereocenters. The zero-order chi connectivity index (χ0) is 21.6. The molecule has 30 heavy (non-hydrogen) atoms. The number of hydrogen-bond acceptors (Lipinski definition) is 5.